The Morgan fingerprint density at radius 3 is 2.07 bits per heavy atom. The maximum absolute atomic E-state index is 4.93. The quantitative estimate of drug-likeness (QED) is 0.173. The topological polar surface area (TPSA) is 40.4 Å². The molecule has 3 heterocycles. The van der Waals surface area contributed by atoms with Crippen LogP contribution in [0.3, 0.4) is 0 Å². The number of nitrogens with zero attached hydrogens (tertiary/aromatic N) is 6. The molecule has 230 valence electrons. The van der Waals surface area contributed by atoms with Gasteiger partial charge in [0.25, 0.3) is 0 Å². The Morgan fingerprint density at radius 2 is 1.33 bits per heavy atom. The number of hydrogen-bond acceptors (Lipinski definition) is 5. The lowest BCUT2D eigenvalue weighted by atomic mass is 9.92. The number of hydrogen-bond donors (Lipinski definition) is 0. The monoisotopic (exact) mass is 604 g/mol. The average molecular weight is 605 g/mol. The summed E-state index contributed by atoms with van der Waals surface area (Å²) in [6.45, 7) is 9.80. The molecule has 0 bridgehead atoms. The molecule has 0 aliphatic carbocycles. The minimum absolute atomic E-state index is 0.383. The predicted molar refractivity (Wildman–Crippen MR) is 192 cm³/mol. The Labute approximate surface area is 272 Å². The molecule has 2 aromatic heterocycles. The smallest absolute Gasteiger partial charge is 0.158 e. The molecule has 4 aromatic carbocycles. The highest BCUT2D eigenvalue weighted by Gasteiger charge is 2.26. The van der Waals surface area contributed by atoms with Crippen LogP contribution in [-0.4, -0.2) is 28.3 Å². The Kier molecular flexibility index (Phi) is 7.79. The van der Waals surface area contributed by atoms with Crippen molar-refractivity contribution in [3.63, 3.8) is 0 Å². The molecular formula is C40H40N6. The zero-order chi connectivity index (χ0) is 31.8. The highest BCUT2D eigenvalue weighted by atomic mass is 15.4. The van der Waals surface area contributed by atoms with Crippen LogP contribution in [0.25, 0.3) is 17.1 Å². The fourth-order valence-electron chi connectivity index (χ4n) is 6.55. The highest BCUT2D eigenvalue weighted by molar-refractivity contribution is 5.84. The molecule has 0 spiro atoms. The van der Waals surface area contributed by atoms with Crippen LogP contribution >= 0.6 is 0 Å². The fraction of sp³-hybridized carbons (Fsp3) is 0.200. The summed E-state index contributed by atoms with van der Waals surface area (Å²) in [6, 6.07) is 38.8. The van der Waals surface area contributed by atoms with Gasteiger partial charge in [-0.05, 0) is 77.6 Å². The molecule has 7 rings (SSSR count). The second-order valence-electron chi connectivity index (χ2n) is 12.6. The predicted octanol–water partition coefficient (Wildman–Crippen LogP) is 10.2. The first-order valence-electron chi connectivity index (χ1n) is 16.1. The molecule has 0 saturated heterocycles. The summed E-state index contributed by atoms with van der Waals surface area (Å²) >= 11 is 0. The molecule has 6 heteroatoms. The van der Waals surface area contributed by atoms with Gasteiger partial charge in [0, 0.05) is 54.0 Å². The van der Waals surface area contributed by atoms with Gasteiger partial charge in [-0.2, -0.15) is 0 Å². The highest BCUT2D eigenvalue weighted by Crippen LogP contribution is 2.42. The molecule has 0 amide bonds. The first-order valence-corrected chi connectivity index (χ1v) is 16.1. The molecule has 46 heavy (non-hydrogen) atoms. The minimum Gasteiger partial charge on any atom is -0.354 e. The van der Waals surface area contributed by atoms with Gasteiger partial charge in [0.2, 0.25) is 0 Å². The Bertz CT molecular complexity index is 1950. The number of imidazole rings is 1. The van der Waals surface area contributed by atoms with E-state index >= 15 is 0 Å². The summed E-state index contributed by atoms with van der Waals surface area (Å²) in [5, 5.41) is 0. The maximum atomic E-state index is 4.93. The summed E-state index contributed by atoms with van der Waals surface area (Å²) < 4.78 is 2.28. The van der Waals surface area contributed by atoms with E-state index in [4.69, 9.17) is 9.97 Å². The molecule has 0 atom stereocenters. The van der Waals surface area contributed by atoms with E-state index in [-0.39, 0.29) is 0 Å². The van der Waals surface area contributed by atoms with Gasteiger partial charge in [0.15, 0.2) is 5.82 Å². The van der Waals surface area contributed by atoms with E-state index in [0.717, 1.165) is 52.3 Å². The van der Waals surface area contributed by atoms with Gasteiger partial charge in [0.1, 0.15) is 5.82 Å². The Balaban J connectivity index is 1.34. The third-order valence-corrected chi connectivity index (χ3v) is 8.79. The standard InChI is InChI=1S/C40H40N6/c1-28(2)35-19-11-20-36(29(3)4)38(35)44-24-23-42-39(44)30-13-9-17-33(25-30)46(31-14-7-6-8-15-31)34-18-10-16-32(26-34)45-27-43(5)37-21-12-22-41-40(37)45/h6-26,28-29H,27H2,1-5H3. The summed E-state index contributed by atoms with van der Waals surface area (Å²) in [5.41, 5.74) is 10.4. The van der Waals surface area contributed by atoms with Gasteiger partial charge in [-0.3, -0.25) is 4.57 Å². The Morgan fingerprint density at radius 1 is 0.652 bits per heavy atom. The van der Waals surface area contributed by atoms with Crippen molar-refractivity contribution in [3.8, 4) is 17.1 Å². The Hall–Kier alpha value is -5.36. The van der Waals surface area contributed by atoms with Gasteiger partial charge in [-0.15, -0.1) is 0 Å². The average Bonchev–Trinajstić information content (AvgIpc) is 3.70. The minimum atomic E-state index is 0.383. The van der Waals surface area contributed by atoms with Gasteiger partial charge >= 0.3 is 0 Å². The van der Waals surface area contributed by atoms with Crippen molar-refractivity contribution in [3.05, 3.63) is 139 Å². The number of anilines is 6. The van der Waals surface area contributed by atoms with Crippen LogP contribution in [-0.2, 0) is 0 Å². The van der Waals surface area contributed by atoms with Crippen molar-refractivity contribution < 1.29 is 0 Å². The maximum Gasteiger partial charge on any atom is 0.158 e. The van der Waals surface area contributed by atoms with Gasteiger partial charge in [0.05, 0.1) is 18.0 Å². The van der Waals surface area contributed by atoms with E-state index in [9.17, 15) is 0 Å². The molecule has 0 N–H and O–H groups in total. The van der Waals surface area contributed by atoms with Crippen molar-refractivity contribution in [2.75, 3.05) is 28.4 Å². The summed E-state index contributed by atoms with van der Waals surface area (Å²) in [5.74, 6) is 2.67. The van der Waals surface area contributed by atoms with Gasteiger partial charge in [-0.25, -0.2) is 9.97 Å². The van der Waals surface area contributed by atoms with Crippen molar-refractivity contribution >= 4 is 34.3 Å². The van der Waals surface area contributed by atoms with Gasteiger partial charge in [-0.1, -0.05) is 82.3 Å². The van der Waals surface area contributed by atoms with Crippen LogP contribution in [0.4, 0.5) is 34.3 Å². The van der Waals surface area contributed by atoms with Crippen LogP contribution in [0, 0.1) is 0 Å². The van der Waals surface area contributed by atoms with E-state index in [0.29, 0.717) is 11.8 Å². The summed E-state index contributed by atoms with van der Waals surface area (Å²) in [4.78, 5) is 16.5. The van der Waals surface area contributed by atoms with Crippen molar-refractivity contribution in [2.45, 2.75) is 39.5 Å². The second-order valence-corrected chi connectivity index (χ2v) is 12.6. The van der Waals surface area contributed by atoms with E-state index < -0.39 is 0 Å². The first-order chi connectivity index (χ1) is 22.4. The summed E-state index contributed by atoms with van der Waals surface area (Å²) in [7, 11) is 2.11. The third kappa shape index (κ3) is 5.30. The van der Waals surface area contributed by atoms with E-state index in [1.807, 2.05) is 18.5 Å². The summed E-state index contributed by atoms with van der Waals surface area (Å²) in [6.07, 6.45) is 5.89. The largest absolute Gasteiger partial charge is 0.354 e. The fourth-order valence-corrected chi connectivity index (χ4v) is 6.55. The molecule has 6 aromatic rings. The van der Waals surface area contributed by atoms with Gasteiger partial charge < -0.3 is 14.7 Å². The number of para-hydroxylation sites is 2. The lowest BCUT2D eigenvalue weighted by Crippen LogP contribution is -2.24. The molecule has 0 saturated carbocycles. The number of rotatable bonds is 8. The molecular weight excluding hydrogens is 564 g/mol. The lowest BCUT2D eigenvalue weighted by molar-refractivity contribution is 0.807. The van der Waals surface area contributed by atoms with E-state index in [2.05, 4.69) is 163 Å². The number of benzene rings is 4. The van der Waals surface area contributed by atoms with E-state index in [1.165, 1.54) is 16.8 Å². The van der Waals surface area contributed by atoms with Crippen LogP contribution < -0.4 is 14.7 Å². The third-order valence-electron chi connectivity index (χ3n) is 8.79. The molecule has 0 fully saturated rings. The normalized spacial score (nSPS) is 12.7. The molecule has 1 aliphatic rings. The van der Waals surface area contributed by atoms with Crippen molar-refractivity contribution in [1.82, 2.24) is 14.5 Å². The zero-order valence-corrected chi connectivity index (χ0v) is 27.2. The molecule has 0 radical (unpaired) electrons. The number of fused-ring (bicyclic) bond motifs is 1. The van der Waals surface area contributed by atoms with E-state index in [1.54, 1.807) is 0 Å². The van der Waals surface area contributed by atoms with Crippen molar-refractivity contribution in [2.24, 2.45) is 0 Å². The first kappa shape index (κ1) is 29.4. The molecule has 1 aliphatic heterocycles. The second kappa shape index (κ2) is 12.2. The SMILES string of the molecule is CC(C)c1cccc(C(C)C)c1-n1ccnc1-c1cccc(N(c2ccccc2)c2cccc(N3CN(C)c4cccnc43)c2)c1. The number of aromatic nitrogens is 3. The lowest BCUT2D eigenvalue weighted by Gasteiger charge is -2.28. The van der Waals surface area contributed by atoms with Crippen LogP contribution in [0.15, 0.2) is 128 Å². The van der Waals surface area contributed by atoms with Crippen molar-refractivity contribution in [1.29, 1.82) is 0 Å². The number of pyridine rings is 1. The van der Waals surface area contributed by atoms with Crippen LogP contribution in [0.1, 0.15) is 50.7 Å². The molecule has 0 unspecified atom stereocenters. The molecule has 6 nitrogen and oxygen atoms in total. The van der Waals surface area contributed by atoms with Crippen LogP contribution in [0.2, 0.25) is 0 Å². The zero-order valence-electron chi connectivity index (χ0n) is 27.2. The van der Waals surface area contributed by atoms with Crippen LogP contribution in [0.5, 0.6) is 0 Å².